The Morgan fingerprint density at radius 1 is 1.27 bits per heavy atom. The number of esters is 1. The van der Waals surface area contributed by atoms with Gasteiger partial charge in [0.15, 0.2) is 0 Å². The molecule has 0 amide bonds. The Labute approximate surface area is 147 Å². The van der Waals surface area contributed by atoms with Gasteiger partial charge in [-0.05, 0) is 13.8 Å². The first-order valence-electron chi connectivity index (χ1n) is 7.63. The van der Waals surface area contributed by atoms with Crippen molar-refractivity contribution in [2.24, 2.45) is 11.7 Å². The van der Waals surface area contributed by atoms with Crippen LogP contribution in [0, 0.1) is 5.92 Å². The van der Waals surface area contributed by atoms with Gasteiger partial charge in [0, 0.05) is 0 Å². The van der Waals surface area contributed by atoms with Crippen LogP contribution in [-0.2, 0) is 23.9 Å². The Balaban J connectivity index is 2.99. The summed E-state index contributed by atoms with van der Waals surface area (Å²) in [5.74, 6) is -9.14. The number of carbonyl (C=O) groups is 3. The number of Topliss-reactive ketones (excluding diaryl/α,β-unsaturated/α-hetero) is 1. The van der Waals surface area contributed by atoms with E-state index in [1.165, 1.54) is 0 Å². The SMILES string of the molecule is CC(=O)C1[C@H](O)[C@@H](N)[C@H]([C@H](O)[C@H](O)COC(=O)C(C)O)OC1(O)C(=O)O. The number of rotatable bonds is 7. The van der Waals surface area contributed by atoms with Crippen LogP contribution in [0.4, 0.5) is 0 Å². The third-order valence-electron chi connectivity index (χ3n) is 4.07. The minimum atomic E-state index is -3.19. The highest BCUT2D eigenvalue weighted by molar-refractivity contribution is 5.88. The van der Waals surface area contributed by atoms with Crippen molar-refractivity contribution in [3.8, 4) is 0 Å². The number of hydrogen-bond acceptors (Lipinski definition) is 11. The van der Waals surface area contributed by atoms with E-state index in [2.05, 4.69) is 4.74 Å². The monoisotopic (exact) mass is 381 g/mol. The fourth-order valence-electron chi connectivity index (χ4n) is 2.61. The molecule has 1 aliphatic rings. The van der Waals surface area contributed by atoms with Crippen molar-refractivity contribution in [3.05, 3.63) is 0 Å². The molecule has 12 nitrogen and oxygen atoms in total. The summed E-state index contributed by atoms with van der Waals surface area (Å²) in [5, 5.41) is 58.5. The van der Waals surface area contributed by atoms with Crippen molar-refractivity contribution in [1.29, 1.82) is 0 Å². The molecule has 1 rings (SSSR count). The molecule has 3 unspecified atom stereocenters. The average Bonchev–Trinajstić information content (AvgIpc) is 2.54. The number of aliphatic carboxylic acids is 1. The van der Waals surface area contributed by atoms with E-state index in [1.54, 1.807) is 0 Å². The number of nitrogens with two attached hydrogens (primary N) is 1. The fourth-order valence-corrected chi connectivity index (χ4v) is 2.61. The number of carboxylic acid groups (broad SMARTS) is 1. The second kappa shape index (κ2) is 8.35. The zero-order chi connectivity index (χ0) is 20.4. The van der Waals surface area contributed by atoms with Gasteiger partial charge in [-0.2, -0.15) is 0 Å². The number of hydrogen-bond donors (Lipinski definition) is 7. The molecule has 1 saturated heterocycles. The molecule has 0 aliphatic carbocycles. The maximum Gasteiger partial charge on any atom is 0.365 e. The first-order chi connectivity index (χ1) is 11.8. The minimum Gasteiger partial charge on any atom is -0.477 e. The summed E-state index contributed by atoms with van der Waals surface area (Å²) in [6, 6.07) is -1.55. The highest BCUT2D eigenvalue weighted by Crippen LogP contribution is 2.35. The fraction of sp³-hybridized carbons (Fsp3) is 0.786. The Morgan fingerprint density at radius 3 is 2.23 bits per heavy atom. The van der Waals surface area contributed by atoms with Crippen LogP contribution in [0.15, 0.2) is 0 Å². The van der Waals surface area contributed by atoms with Crippen molar-refractivity contribution < 1.29 is 54.5 Å². The molecular weight excluding hydrogens is 358 g/mol. The quantitative estimate of drug-likeness (QED) is 0.208. The van der Waals surface area contributed by atoms with Gasteiger partial charge < -0.3 is 45.8 Å². The summed E-state index contributed by atoms with van der Waals surface area (Å²) in [7, 11) is 0. The van der Waals surface area contributed by atoms with Crippen LogP contribution in [0.5, 0.6) is 0 Å². The molecule has 0 radical (unpaired) electrons. The van der Waals surface area contributed by atoms with E-state index in [-0.39, 0.29) is 0 Å². The first kappa shape index (κ1) is 22.4. The number of carbonyl (C=O) groups excluding carboxylic acids is 2. The number of ketones is 1. The second-order valence-electron chi connectivity index (χ2n) is 6.10. The molecule has 1 fully saturated rings. The molecule has 26 heavy (non-hydrogen) atoms. The standard InChI is InChI=1S/C14H23NO11/c1-4(16)7-10(20)8(15)11(26-14(7,24)13(22)23)9(19)6(18)3-25-12(21)5(2)17/h5-11,17-20,24H,3,15H2,1-2H3,(H,22,23)/t5?,6-,7?,8-,9-,10+,11-,14?/m1/s1. The Bertz CT molecular complexity index is 553. The normalized spacial score (nSPS) is 35.2. The third-order valence-corrected chi connectivity index (χ3v) is 4.07. The summed E-state index contributed by atoms with van der Waals surface area (Å²) >= 11 is 0. The molecule has 0 aromatic carbocycles. The van der Waals surface area contributed by atoms with Crippen LogP contribution < -0.4 is 5.73 Å². The Morgan fingerprint density at radius 2 is 1.81 bits per heavy atom. The smallest absolute Gasteiger partial charge is 0.365 e. The van der Waals surface area contributed by atoms with Crippen molar-refractivity contribution in [2.75, 3.05) is 6.61 Å². The topological polar surface area (TPSA) is 217 Å². The van der Waals surface area contributed by atoms with Crippen LogP contribution in [0.3, 0.4) is 0 Å². The van der Waals surface area contributed by atoms with Crippen LogP contribution in [-0.4, -0.2) is 97.3 Å². The molecule has 0 spiro atoms. The summed E-state index contributed by atoms with van der Waals surface area (Å²) in [5.41, 5.74) is 5.66. The summed E-state index contributed by atoms with van der Waals surface area (Å²) in [6.07, 6.45) is -9.06. The van der Waals surface area contributed by atoms with Gasteiger partial charge in [0.2, 0.25) is 0 Å². The van der Waals surface area contributed by atoms with Gasteiger partial charge in [-0.25, -0.2) is 9.59 Å². The highest BCUT2D eigenvalue weighted by Gasteiger charge is 2.61. The lowest BCUT2D eigenvalue weighted by Crippen LogP contribution is -2.71. The van der Waals surface area contributed by atoms with Crippen molar-refractivity contribution in [1.82, 2.24) is 0 Å². The van der Waals surface area contributed by atoms with E-state index >= 15 is 0 Å². The molecule has 150 valence electrons. The van der Waals surface area contributed by atoms with Gasteiger partial charge in [0.1, 0.15) is 42.7 Å². The predicted molar refractivity (Wildman–Crippen MR) is 80.3 cm³/mol. The summed E-state index contributed by atoms with van der Waals surface area (Å²) in [6.45, 7) is 1.21. The van der Waals surface area contributed by atoms with Crippen LogP contribution in [0.25, 0.3) is 0 Å². The van der Waals surface area contributed by atoms with Gasteiger partial charge in [0.05, 0.1) is 12.1 Å². The summed E-state index contributed by atoms with van der Waals surface area (Å²) in [4.78, 5) is 34.1. The maximum atomic E-state index is 11.6. The van der Waals surface area contributed by atoms with E-state index in [9.17, 15) is 39.9 Å². The van der Waals surface area contributed by atoms with Gasteiger partial charge in [0.25, 0.3) is 5.79 Å². The van der Waals surface area contributed by atoms with Crippen molar-refractivity contribution in [2.45, 2.75) is 56.2 Å². The predicted octanol–water partition coefficient (Wildman–Crippen LogP) is -4.30. The lowest BCUT2D eigenvalue weighted by Gasteiger charge is -2.47. The van der Waals surface area contributed by atoms with E-state index in [0.29, 0.717) is 0 Å². The zero-order valence-corrected chi connectivity index (χ0v) is 14.1. The Hall–Kier alpha value is -1.67. The first-order valence-corrected chi connectivity index (χ1v) is 7.63. The van der Waals surface area contributed by atoms with Gasteiger partial charge >= 0.3 is 11.9 Å². The zero-order valence-electron chi connectivity index (χ0n) is 14.1. The summed E-state index contributed by atoms with van der Waals surface area (Å²) < 4.78 is 9.39. The molecule has 12 heteroatoms. The van der Waals surface area contributed by atoms with Gasteiger partial charge in [-0.1, -0.05) is 0 Å². The largest absolute Gasteiger partial charge is 0.477 e. The lowest BCUT2D eigenvalue weighted by atomic mass is 9.79. The van der Waals surface area contributed by atoms with Crippen molar-refractivity contribution in [3.63, 3.8) is 0 Å². The third kappa shape index (κ3) is 4.35. The molecule has 1 heterocycles. The molecule has 0 aromatic heterocycles. The van der Waals surface area contributed by atoms with Gasteiger partial charge in [-0.15, -0.1) is 0 Å². The highest BCUT2D eigenvalue weighted by atomic mass is 16.7. The van der Waals surface area contributed by atoms with Crippen LogP contribution in [0.2, 0.25) is 0 Å². The molecule has 8 atom stereocenters. The minimum absolute atomic E-state index is 0.810. The second-order valence-corrected chi connectivity index (χ2v) is 6.10. The van der Waals surface area contributed by atoms with E-state index < -0.39 is 72.6 Å². The Kier molecular flexibility index (Phi) is 7.18. The number of aliphatic hydroxyl groups is 5. The van der Waals surface area contributed by atoms with Crippen LogP contribution >= 0.6 is 0 Å². The average molecular weight is 381 g/mol. The molecule has 0 aromatic rings. The lowest BCUT2D eigenvalue weighted by molar-refractivity contribution is -0.311. The van der Waals surface area contributed by atoms with E-state index in [4.69, 9.17) is 15.6 Å². The molecular formula is C14H23NO11. The van der Waals surface area contributed by atoms with E-state index in [1.807, 2.05) is 0 Å². The van der Waals surface area contributed by atoms with E-state index in [0.717, 1.165) is 13.8 Å². The number of carboxylic acids is 1. The van der Waals surface area contributed by atoms with Gasteiger partial charge in [-0.3, -0.25) is 4.79 Å². The molecule has 0 bridgehead atoms. The molecule has 8 N–H and O–H groups in total. The molecule has 0 saturated carbocycles. The maximum absolute atomic E-state index is 11.6. The number of aliphatic hydroxyl groups excluding tert-OH is 4. The number of ether oxygens (including phenoxy) is 2. The van der Waals surface area contributed by atoms with Crippen molar-refractivity contribution >= 4 is 17.7 Å². The molecule has 1 aliphatic heterocycles. The van der Waals surface area contributed by atoms with Crippen LogP contribution in [0.1, 0.15) is 13.8 Å².